The molecule has 7 nitrogen and oxygen atoms in total. The monoisotopic (exact) mass is 347 g/mol. The molecule has 0 saturated heterocycles. The number of carboxylic acids is 1. The van der Waals surface area contributed by atoms with Crippen molar-refractivity contribution in [3.63, 3.8) is 0 Å². The molecule has 25 heavy (non-hydrogen) atoms. The molecule has 2 rings (SSSR count). The highest BCUT2D eigenvalue weighted by atomic mass is 16.5. The molecule has 2 aromatic rings. The van der Waals surface area contributed by atoms with E-state index in [-0.39, 0.29) is 17.9 Å². The van der Waals surface area contributed by atoms with Crippen LogP contribution in [0.4, 0.5) is 0 Å². The van der Waals surface area contributed by atoms with E-state index in [2.05, 4.69) is 5.32 Å². The van der Waals surface area contributed by atoms with Crippen LogP contribution in [-0.2, 0) is 16.0 Å². The number of hydrogen-bond acceptors (Lipinski definition) is 5. The van der Waals surface area contributed by atoms with Crippen LogP contribution in [0.2, 0.25) is 0 Å². The van der Waals surface area contributed by atoms with Gasteiger partial charge in [0.25, 0.3) is 0 Å². The van der Waals surface area contributed by atoms with E-state index in [1.807, 2.05) is 0 Å². The van der Waals surface area contributed by atoms with Crippen LogP contribution in [0.15, 0.2) is 27.4 Å². The lowest BCUT2D eigenvalue weighted by Gasteiger charge is -2.18. The van der Waals surface area contributed by atoms with Crippen molar-refractivity contribution >= 4 is 22.8 Å². The molecule has 1 unspecified atom stereocenters. The summed E-state index contributed by atoms with van der Waals surface area (Å²) in [6, 6.07) is 4.08. The number of carbonyl (C=O) groups is 2. The van der Waals surface area contributed by atoms with Gasteiger partial charge < -0.3 is 19.6 Å². The first-order chi connectivity index (χ1) is 11.7. The number of benzene rings is 1. The van der Waals surface area contributed by atoms with Crippen LogP contribution >= 0.6 is 0 Å². The molecule has 0 aliphatic heterocycles. The Labute approximate surface area is 144 Å². The predicted molar refractivity (Wildman–Crippen MR) is 91.9 cm³/mol. The van der Waals surface area contributed by atoms with E-state index in [0.717, 1.165) is 0 Å². The van der Waals surface area contributed by atoms with Gasteiger partial charge in [-0.3, -0.25) is 4.79 Å². The smallest absolute Gasteiger partial charge is 0.340 e. The lowest BCUT2D eigenvalue weighted by atomic mass is 10.0. The molecule has 1 aromatic carbocycles. The first kappa shape index (κ1) is 18.5. The number of rotatable bonds is 6. The van der Waals surface area contributed by atoms with Crippen LogP contribution in [-0.4, -0.2) is 30.1 Å². The van der Waals surface area contributed by atoms with Gasteiger partial charge in [-0.25, -0.2) is 9.59 Å². The second-order valence-electron chi connectivity index (χ2n) is 6.16. The largest absolute Gasteiger partial charge is 0.497 e. The lowest BCUT2D eigenvalue weighted by Crippen LogP contribution is -2.45. The van der Waals surface area contributed by atoms with Gasteiger partial charge in [-0.15, -0.1) is 0 Å². The first-order valence-corrected chi connectivity index (χ1v) is 7.87. The van der Waals surface area contributed by atoms with E-state index in [1.54, 1.807) is 39.0 Å². The molecule has 0 saturated carbocycles. The van der Waals surface area contributed by atoms with E-state index >= 15 is 0 Å². The Morgan fingerprint density at radius 1 is 1.32 bits per heavy atom. The van der Waals surface area contributed by atoms with Crippen LogP contribution in [0.5, 0.6) is 5.75 Å². The molecule has 1 aromatic heterocycles. The van der Waals surface area contributed by atoms with Crippen molar-refractivity contribution in [2.24, 2.45) is 5.92 Å². The molecule has 0 aliphatic rings. The van der Waals surface area contributed by atoms with Crippen molar-refractivity contribution in [1.82, 2.24) is 5.32 Å². The van der Waals surface area contributed by atoms with Gasteiger partial charge in [0, 0.05) is 11.5 Å². The van der Waals surface area contributed by atoms with E-state index < -0.39 is 23.5 Å². The number of amides is 1. The summed E-state index contributed by atoms with van der Waals surface area (Å²) in [5, 5.41) is 12.3. The number of methoxy groups -OCH3 is 1. The van der Waals surface area contributed by atoms with Crippen molar-refractivity contribution < 1.29 is 23.8 Å². The summed E-state index contributed by atoms with van der Waals surface area (Å²) in [6.45, 7) is 5.12. The van der Waals surface area contributed by atoms with Gasteiger partial charge in [0.2, 0.25) is 5.91 Å². The van der Waals surface area contributed by atoms with Crippen molar-refractivity contribution in [2.75, 3.05) is 7.11 Å². The van der Waals surface area contributed by atoms with Gasteiger partial charge in [0.15, 0.2) is 0 Å². The van der Waals surface area contributed by atoms with Crippen LogP contribution < -0.4 is 15.7 Å². The number of carbonyl (C=O) groups excluding carboxylic acids is 1. The minimum atomic E-state index is -1.11. The van der Waals surface area contributed by atoms with Gasteiger partial charge in [-0.2, -0.15) is 0 Å². The average molecular weight is 347 g/mol. The number of aryl methyl sites for hydroxylation is 1. The maximum atomic E-state index is 12.2. The number of fused-ring (bicyclic) bond motifs is 1. The normalized spacial score (nSPS) is 12.2. The zero-order chi connectivity index (χ0) is 18.7. The zero-order valence-electron chi connectivity index (χ0n) is 14.6. The zero-order valence-corrected chi connectivity index (χ0v) is 14.6. The summed E-state index contributed by atoms with van der Waals surface area (Å²) < 4.78 is 10.4. The summed E-state index contributed by atoms with van der Waals surface area (Å²) in [5.74, 6) is -1.37. The number of aliphatic carboxylic acids is 1. The van der Waals surface area contributed by atoms with E-state index in [9.17, 15) is 14.4 Å². The molecule has 0 spiro atoms. The molecular formula is C18H21NO6. The second-order valence-corrected chi connectivity index (χ2v) is 6.16. The lowest BCUT2D eigenvalue weighted by molar-refractivity contribution is -0.143. The Bertz CT molecular complexity index is 868. The molecule has 1 amide bonds. The highest BCUT2D eigenvalue weighted by molar-refractivity contribution is 5.87. The Hall–Kier alpha value is -2.83. The Morgan fingerprint density at radius 2 is 2.00 bits per heavy atom. The van der Waals surface area contributed by atoms with Crippen LogP contribution in [0.1, 0.15) is 25.0 Å². The fourth-order valence-electron chi connectivity index (χ4n) is 2.60. The van der Waals surface area contributed by atoms with E-state index in [0.29, 0.717) is 22.3 Å². The average Bonchev–Trinajstić information content (AvgIpc) is 2.55. The third kappa shape index (κ3) is 3.99. The Balaban J connectivity index is 2.33. The summed E-state index contributed by atoms with van der Waals surface area (Å²) in [5.41, 5.74) is 0.588. The van der Waals surface area contributed by atoms with Crippen molar-refractivity contribution in [1.29, 1.82) is 0 Å². The summed E-state index contributed by atoms with van der Waals surface area (Å²) >= 11 is 0. The maximum absolute atomic E-state index is 12.2. The maximum Gasteiger partial charge on any atom is 0.340 e. The molecule has 0 radical (unpaired) electrons. The van der Waals surface area contributed by atoms with Crippen molar-refractivity contribution in [2.45, 2.75) is 33.2 Å². The van der Waals surface area contributed by atoms with Crippen molar-refractivity contribution in [3.8, 4) is 5.75 Å². The third-order valence-corrected chi connectivity index (χ3v) is 4.08. The summed E-state index contributed by atoms with van der Waals surface area (Å²) in [4.78, 5) is 35.6. The van der Waals surface area contributed by atoms with Gasteiger partial charge >= 0.3 is 11.6 Å². The number of nitrogens with one attached hydrogen (secondary N) is 1. The minimum Gasteiger partial charge on any atom is -0.497 e. The topological polar surface area (TPSA) is 106 Å². The second kappa shape index (κ2) is 7.38. The SMILES string of the molecule is COc1ccc2c(C)c(CC(=O)NC(C(=O)O)C(C)C)c(=O)oc2c1. The number of hydrogen-bond donors (Lipinski definition) is 2. The highest BCUT2D eigenvalue weighted by Gasteiger charge is 2.24. The molecule has 0 fully saturated rings. The molecule has 2 N–H and O–H groups in total. The minimum absolute atomic E-state index is 0.211. The van der Waals surface area contributed by atoms with Gasteiger partial charge in [0.1, 0.15) is 17.4 Å². The number of carboxylic acid groups (broad SMARTS) is 1. The fourth-order valence-corrected chi connectivity index (χ4v) is 2.60. The van der Waals surface area contributed by atoms with Gasteiger partial charge in [-0.1, -0.05) is 13.8 Å². The third-order valence-electron chi connectivity index (χ3n) is 4.08. The molecule has 7 heteroatoms. The quantitative estimate of drug-likeness (QED) is 0.773. The Morgan fingerprint density at radius 3 is 2.56 bits per heavy atom. The van der Waals surface area contributed by atoms with Crippen LogP contribution in [0.3, 0.4) is 0 Å². The molecular weight excluding hydrogens is 326 g/mol. The highest BCUT2D eigenvalue weighted by Crippen LogP contribution is 2.24. The van der Waals surface area contributed by atoms with Gasteiger partial charge in [0.05, 0.1) is 19.1 Å². The van der Waals surface area contributed by atoms with E-state index in [1.165, 1.54) is 7.11 Å². The molecule has 1 heterocycles. The van der Waals surface area contributed by atoms with E-state index in [4.69, 9.17) is 14.3 Å². The number of ether oxygens (including phenoxy) is 1. The molecule has 0 bridgehead atoms. The van der Waals surface area contributed by atoms with Gasteiger partial charge in [-0.05, 0) is 30.5 Å². The van der Waals surface area contributed by atoms with Crippen LogP contribution in [0.25, 0.3) is 11.0 Å². The predicted octanol–water partition coefficient (Wildman–Crippen LogP) is 1.88. The summed E-state index contributed by atoms with van der Waals surface area (Å²) in [7, 11) is 1.51. The Kier molecular flexibility index (Phi) is 5.46. The molecule has 0 aliphatic carbocycles. The fraction of sp³-hybridized carbons (Fsp3) is 0.389. The van der Waals surface area contributed by atoms with Crippen molar-refractivity contribution in [3.05, 3.63) is 39.7 Å². The standard InChI is InChI=1S/C18H21NO6/c1-9(2)16(17(21)22)19-15(20)8-13-10(3)12-6-5-11(24-4)7-14(12)25-18(13)23/h5-7,9,16H,8H2,1-4H3,(H,19,20)(H,21,22). The first-order valence-electron chi connectivity index (χ1n) is 7.87. The van der Waals surface area contributed by atoms with Crippen LogP contribution in [0, 0.1) is 12.8 Å². The molecule has 1 atom stereocenters. The molecule has 134 valence electrons. The summed E-state index contributed by atoms with van der Waals surface area (Å²) in [6.07, 6.45) is -0.243.